The van der Waals surface area contributed by atoms with Crippen molar-refractivity contribution < 1.29 is 23.8 Å². The van der Waals surface area contributed by atoms with Crippen LogP contribution in [-0.4, -0.2) is 35.8 Å². The number of benzene rings is 1. The standard InChI is InChI=1S/C18H18N2O5S/c1-10-14(17(19)22)15-11(25-10)2-3-12(24-6-13-20-4-5-26-13)16(15)18(7-21)8-23-9-18/h2-5,21H,6-9H2,1H3,(H2,19,22). The molecule has 8 heteroatoms. The van der Waals surface area contributed by atoms with Crippen molar-refractivity contribution in [1.29, 1.82) is 0 Å². The van der Waals surface area contributed by atoms with Gasteiger partial charge in [0.2, 0.25) is 0 Å². The number of primary amides is 1. The minimum absolute atomic E-state index is 0.137. The Bertz CT molecular complexity index is 954. The highest BCUT2D eigenvalue weighted by Gasteiger charge is 2.44. The monoisotopic (exact) mass is 374 g/mol. The van der Waals surface area contributed by atoms with Crippen molar-refractivity contribution in [2.24, 2.45) is 5.73 Å². The van der Waals surface area contributed by atoms with Crippen LogP contribution in [0.1, 0.15) is 26.7 Å². The predicted octanol–water partition coefficient (Wildman–Crippen LogP) is 2.14. The number of nitrogens with two attached hydrogens (primary N) is 1. The van der Waals surface area contributed by atoms with Gasteiger partial charge in [-0.05, 0) is 19.1 Å². The van der Waals surface area contributed by atoms with E-state index in [0.29, 0.717) is 53.4 Å². The number of aromatic nitrogens is 1. The molecule has 3 aromatic rings. The largest absolute Gasteiger partial charge is 0.486 e. The lowest BCUT2D eigenvalue weighted by Crippen LogP contribution is -2.50. The summed E-state index contributed by atoms with van der Waals surface area (Å²) in [7, 11) is 0. The molecule has 0 bridgehead atoms. The number of aliphatic hydroxyl groups excluding tert-OH is 1. The third-order valence-corrected chi connectivity index (χ3v) is 5.42. The Balaban J connectivity index is 1.90. The van der Waals surface area contributed by atoms with Crippen molar-refractivity contribution in [3.63, 3.8) is 0 Å². The molecule has 1 fully saturated rings. The number of ether oxygens (including phenoxy) is 2. The molecule has 3 heterocycles. The summed E-state index contributed by atoms with van der Waals surface area (Å²) in [6.07, 6.45) is 1.72. The first-order valence-corrected chi connectivity index (χ1v) is 9.00. The van der Waals surface area contributed by atoms with Gasteiger partial charge in [-0.1, -0.05) is 0 Å². The summed E-state index contributed by atoms with van der Waals surface area (Å²) < 4.78 is 17.1. The van der Waals surface area contributed by atoms with Crippen molar-refractivity contribution in [1.82, 2.24) is 4.98 Å². The number of hydrogen-bond donors (Lipinski definition) is 2. The molecule has 4 rings (SSSR count). The fraction of sp³-hybridized carbons (Fsp3) is 0.333. The predicted molar refractivity (Wildman–Crippen MR) is 95.5 cm³/mol. The van der Waals surface area contributed by atoms with Crippen molar-refractivity contribution in [2.75, 3.05) is 19.8 Å². The Morgan fingerprint density at radius 1 is 1.46 bits per heavy atom. The summed E-state index contributed by atoms with van der Waals surface area (Å²) in [4.78, 5) is 16.3. The van der Waals surface area contributed by atoms with Gasteiger partial charge in [-0.3, -0.25) is 4.79 Å². The first-order valence-electron chi connectivity index (χ1n) is 8.12. The summed E-state index contributed by atoms with van der Waals surface area (Å²) in [5.41, 5.74) is 6.49. The number of nitrogens with zero attached hydrogens (tertiary/aromatic N) is 1. The van der Waals surface area contributed by atoms with Gasteiger partial charge < -0.3 is 24.7 Å². The van der Waals surface area contributed by atoms with Crippen LogP contribution in [0.4, 0.5) is 0 Å². The Hall–Kier alpha value is -2.42. The second-order valence-corrected chi connectivity index (χ2v) is 7.33. The third kappa shape index (κ3) is 2.57. The maximum atomic E-state index is 12.0. The van der Waals surface area contributed by atoms with Gasteiger partial charge >= 0.3 is 0 Å². The SMILES string of the molecule is Cc1oc2ccc(OCc3nccs3)c(C3(CO)COC3)c2c1C(N)=O. The van der Waals surface area contributed by atoms with Gasteiger partial charge in [0.05, 0.1) is 30.8 Å². The van der Waals surface area contributed by atoms with Gasteiger partial charge in [-0.2, -0.15) is 0 Å². The molecule has 0 atom stereocenters. The van der Waals surface area contributed by atoms with Gasteiger partial charge in [0, 0.05) is 22.5 Å². The summed E-state index contributed by atoms with van der Waals surface area (Å²) in [6, 6.07) is 3.54. The molecule has 1 aliphatic rings. The van der Waals surface area contributed by atoms with Gasteiger partial charge in [-0.25, -0.2) is 4.98 Å². The van der Waals surface area contributed by atoms with E-state index in [1.54, 1.807) is 25.3 Å². The molecule has 2 aromatic heterocycles. The number of aliphatic hydroxyl groups is 1. The number of furan rings is 1. The molecule has 7 nitrogen and oxygen atoms in total. The number of rotatable bonds is 6. The molecular formula is C18H18N2O5S. The second kappa shape index (κ2) is 6.39. The van der Waals surface area contributed by atoms with Crippen LogP contribution in [0.3, 0.4) is 0 Å². The zero-order valence-corrected chi connectivity index (χ0v) is 15.0. The van der Waals surface area contributed by atoms with E-state index in [-0.39, 0.29) is 6.61 Å². The number of carbonyl (C=O) groups excluding carboxylic acids is 1. The summed E-state index contributed by atoms with van der Waals surface area (Å²) >= 11 is 1.49. The number of aryl methyl sites for hydroxylation is 1. The lowest BCUT2D eigenvalue weighted by Gasteiger charge is -2.41. The zero-order valence-electron chi connectivity index (χ0n) is 14.2. The molecule has 0 aliphatic carbocycles. The molecule has 136 valence electrons. The van der Waals surface area contributed by atoms with Gasteiger partial charge in [0.1, 0.15) is 28.7 Å². The number of hydrogen-bond acceptors (Lipinski definition) is 7. The fourth-order valence-electron chi connectivity index (χ4n) is 3.36. The topological polar surface area (TPSA) is 108 Å². The van der Waals surface area contributed by atoms with E-state index >= 15 is 0 Å². The summed E-state index contributed by atoms with van der Waals surface area (Å²) in [5.74, 6) is 0.431. The first-order chi connectivity index (χ1) is 12.6. The van der Waals surface area contributed by atoms with Crippen molar-refractivity contribution >= 4 is 28.2 Å². The summed E-state index contributed by atoms with van der Waals surface area (Å²) in [5, 5.41) is 13.4. The van der Waals surface area contributed by atoms with Crippen LogP contribution >= 0.6 is 11.3 Å². The molecular weight excluding hydrogens is 356 g/mol. The highest BCUT2D eigenvalue weighted by atomic mass is 32.1. The molecule has 1 amide bonds. The van der Waals surface area contributed by atoms with E-state index in [1.807, 2.05) is 5.38 Å². The smallest absolute Gasteiger partial charge is 0.252 e. The van der Waals surface area contributed by atoms with Gasteiger partial charge in [0.15, 0.2) is 0 Å². The molecule has 0 saturated carbocycles. The normalized spacial score (nSPS) is 15.8. The van der Waals surface area contributed by atoms with Crippen LogP contribution in [0.5, 0.6) is 5.75 Å². The Kier molecular flexibility index (Phi) is 4.18. The molecule has 3 N–H and O–H groups in total. The Morgan fingerprint density at radius 2 is 2.27 bits per heavy atom. The van der Waals surface area contributed by atoms with Crippen LogP contribution in [0.2, 0.25) is 0 Å². The van der Waals surface area contributed by atoms with E-state index in [0.717, 1.165) is 5.01 Å². The minimum atomic E-state index is -0.655. The zero-order chi connectivity index (χ0) is 18.3. The van der Waals surface area contributed by atoms with Crippen molar-refractivity contribution in [3.05, 3.63) is 45.6 Å². The number of amides is 1. The molecule has 0 spiro atoms. The molecule has 1 aromatic carbocycles. The van der Waals surface area contributed by atoms with Crippen LogP contribution in [0, 0.1) is 6.92 Å². The van der Waals surface area contributed by atoms with Crippen molar-refractivity contribution in [2.45, 2.75) is 18.9 Å². The Morgan fingerprint density at radius 3 is 2.85 bits per heavy atom. The molecule has 1 aliphatic heterocycles. The quantitative estimate of drug-likeness (QED) is 0.684. The van der Waals surface area contributed by atoms with E-state index in [2.05, 4.69) is 4.98 Å². The molecule has 1 saturated heterocycles. The van der Waals surface area contributed by atoms with Crippen LogP contribution < -0.4 is 10.5 Å². The van der Waals surface area contributed by atoms with E-state index in [1.165, 1.54) is 11.3 Å². The third-order valence-electron chi connectivity index (χ3n) is 4.66. The van der Waals surface area contributed by atoms with Crippen LogP contribution in [0.15, 0.2) is 28.1 Å². The highest BCUT2D eigenvalue weighted by molar-refractivity contribution is 7.09. The summed E-state index contributed by atoms with van der Waals surface area (Å²) in [6.45, 7) is 2.52. The number of carbonyl (C=O) groups is 1. The fourth-order valence-corrected chi connectivity index (χ4v) is 3.89. The average molecular weight is 374 g/mol. The second-order valence-electron chi connectivity index (χ2n) is 6.36. The molecule has 0 unspecified atom stereocenters. The average Bonchev–Trinajstić information content (AvgIpc) is 3.19. The number of fused-ring (bicyclic) bond motifs is 1. The first kappa shape index (κ1) is 17.0. The van der Waals surface area contributed by atoms with Gasteiger partial charge in [0.25, 0.3) is 5.91 Å². The highest BCUT2D eigenvalue weighted by Crippen LogP contribution is 2.45. The lowest BCUT2D eigenvalue weighted by atomic mass is 9.76. The maximum absolute atomic E-state index is 12.0. The van der Waals surface area contributed by atoms with Crippen LogP contribution in [0.25, 0.3) is 11.0 Å². The van der Waals surface area contributed by atoms with E-state index in [9.17, 15) is 9.90 Å². The Labute approximate surface area is 153 Å². The molecule has 26 heavy (non-hydrogen) atoms. The van der Waals surface area contributed by atoms with Crippen LogP contribution in [-0.2, 0) is 16.8 Å². The molecule has 0 radical (unpaired) electrons. The lowest BCUT2D eigenvalue weighted by molar-refractivity contribution is -0.0844. The van der Waals surface area contributed by atoms with Gasteiger partial charge in [-0.15, -0.1) is 11.3 Å². The number of thiazole rings is 1. The van der Waals surface area contributed by atoms with E-state index < -0.39 is 11.3 Å². The minimum Gasteiger partial charge on any atom is -0.486 e. The van der Waals surface area contributed by atoms with Crippen molar-refractivity contribution in [3.8, 4) is 5.75 Å². The maximum Gasteiger partial charge on any atom is 0.252 e. The van der Waals surface area contributed by atoms with E-state index in [4.69, 9.17) is 19.6 Å².